The summed E-state index contributed by atoms with van der Waals surface area (Å²) in [4.78, 5) is 24.3. The molecule has 0 aliphatic heterocycles. The lowest BCUT2D eigenvalue weighted by Crippen LogP contribution is -2.40. The van der Waals surface area contributed by atoms with Gasteiger partial charge in [-0.25, -0.2) is 0 Å². The normalized spacial score (nSPS) is 14.8. The molecule has 128 valence electrons. The molecule has 0 amide bonds. The second kappa shape index (κ2) is 7.02. The van der Waals surface area contributed by atoms with E-state index in [4.69, 9.17) is 0 Å². The SMILES string of the molecule is CN(CC(=O)Cc1cc2cc(-c3cncs3)ccc2cn1)C1CCC1. The highest BCUT2D eigenvalue weighted by molar-refractivity contribution is 7.13. The van der Waals surface area contributed by atoms with E-state index in [9.17, 15) is 4.79 Å². The maximum atomic E-state index is 12.4. The first-order valence-electron chi connectivity index (χ1n) is 8.68. The molecule has 0 unspecified atom stereocenters. The van der Waals surface area contributed by atoms with Crippen molar-refractivity contribution < 1.29 is 4.79 Å². The van der Waals surface area contributed by atoms with Crippen LogP contribution in [0, 0.1) is 0 Å². The van der Waals surface area contributed by atoms with Gasteiger partial charge >= 0.3 is 0 Å². The van der Waals surface area contributed by atoms with Gasteiger partial charge in [0.1, 0.15) is 0 Å². The molecule has 3 aromatic rings. The predicted octanol–water partition coefficient (Wildman–Crippen LogP) is 3.95. The minimum atomic E-state index is 0.236. The summed E-state index contributed by atoms with van der Waals surface area (Å²) in [6, 6.07) is 8.96. The van der Waals surface area contributed by atoms with Crippen LogP contribution in [-0.4, -0.2) is 40.3 Å². The van der Waals surface area contributed by atoms with Crippen LogP contribution in [0.5, 0.6) is 0 Å². The van der Waals surface area contributed by atoms with E-state index in [-0.39, 0.29) is 5.78 Å². The lowest BCUT2D eigenvalue weighted by molar-refractivity contribution is -0.120. The number of fused-ring (bicyclic) bond motifs is 1. The number of ketones is 1. The molecule has 0 saturated heterocycles. The van der Waals surface area contributed by atoms with Crippen molar-refractivity contribution >= 4 is 27.9 Å². The summed E-state index contributed by atoms with van der Waals surface area (Å²) < 4.78 is 0. The van der Waals surface area contributed by atoms with Crippen LogP contribution in [0.4, 0.5) is 0 Å². The molecule has 0 bridgehead atoms. The molecular formula is C20H21N3OS. The van der Waals surface area contributed by atoms with Crippen molar-refractivity contribution in [1.82, 2.24) is 14.9 Å². The average molecular weight is 351 g/mol. The summed E-state index contributed by atoms with van der Waals surface area (Å²) in [5.41, 5.74) is 3.85. The van der Waals surface area contributed by atoms with Crippen molar-refractivity contribution in [2.45, 2.75) is 31.7 Å². The Bertz CT molecular complexity index is 887. The molecule has 25 heavy (non-hydrogen) atoms. The van der Waals surface area contributed by atoms with Crippen molar-refractivity contribution in [2.24, 2.45) is 0 Å². The Morgan fingerprint density at radius 1 is 1.24 bits per heavy atom. The van der Waals surface area contributed by atoms with Crippen molar-refractivity contribution in [3.63, 3.8) is 0 Å². The number of aromatic nitrogens is 2. The minimum absolute atomic E-state index is 0.236. The third-order valence-corrected chi connectivity index (χ3v) is 5.82. The Morgan fingerprint density at radius 2 is 2.12 bits per heavy atom. The van der Waals surface area contributed by atoms with Gasteiger partial charge in [0.05, 0.1) is 23.4 Å². The summed E-state index contributed by atoms with van der Waals surface area (Å²) >= 11 is 1.63. The summed E-state index contributed by atoms with van der Waals surface area (Å²) in [6.45, 7) is 0.519. The van der Waals surface area contributed by atoms with Crippen molar-refractivity contribution in [3.05, 3.63) is 47.9 Å². The number of pyridine rings is 1. The number of thiazole rings is 1. The molecule has 4 nitrogen and oxygen atoms in total. The summed E-state index contributed by atoms with van der Waals surface area (Å²) in [5, 5.41) is 2.21. The number of likely N-dealkylation sites (N-methyl/N-ethyl adjacent to an activating group) is 1. The lowest BCUT2D eigenvalue weighted by atomic mass is 9.91. The van der Waals surface area contributed by atoms with Gasteiger partial charge in [0, 0.05) is 29.5 Å². The second-order valence-electron chi connectivity index (χ2n) is 6.82. The van der Waals surface area contributed by atoms with Gasteiger partial charge in [-0.15, -0.1) is 11.3 Å². The van der Waals surface area contributed by atoms with Crippen molar-refractivity contribution in [1.29, 1.82) is 0 Å². The molecule has 0 atom stereocenters. The van der Waals surface area contributed by atoms with Crippen LogP contribution in [0.2, 0.25) is 0 Å². The monoisotopic (exact) mass is 351 g/mol. The van der Waals surface area contributed by atoms with Crippen LogP contribution in [0.3, 0.4) is 0 Å². The van der Waals surface area contributed by atoms with E-state index in [1.807, 2.05) is 24.0 Å². The summed E-state index contributed by atoms with van der Waals surface area (Å²) in [6.07, 6.45) is 7.88. The Kier molecular flexibility index (Phi) is 4.59. The maximum Gasteiger partial charge on any atom is 0.152 e. The van der Waals surface area contributed by atoms with Crippen LogP contribution in [0.1, 0.15) is 25.0 Å². The van der Waals surface area contributed by atoms with E-state index in [2.05, 4.69) is 40.1 Å². The van der Waals surface area contributed by atoms with Crippen molar-refractivity contribution in [2.75, 3.05) is 13.6 Å². The molecular weight excluding hydrogens is 330 g/mol. The first-order chi connectivity index (χ1) is 12.2. The molecule has 2 aromatic heterocycles. The van der Waals surface area contributed by atoms with E-state index in [0.29, 0.717) is 19.0 Å². The highest BCUT2D eigenvalue weighted by Gasteiger charge is 2.23. The first kappa shape index (κ1) is 16.4. The highest BCUT2D eigenvalue weighted by atomic mass is 32.1. The number of rotatable bonds is 6. The van der Waals surface area contributed by atoms with E-state index in [1.165, 1.54) is 19.3 Å². The Morgan fingerprint density at radius 3 is 2.84 bits per heavy atom. The van der Waals surface area contributed by atoms with E-state index >= 15 is 0 Å². The van der Waals surface area contributed by atoms with Gasteiger partial charge in [-0.3, -0.25) is 19.7 Å². The minimum Gasteiger partial charge on any atom is -0.298 e. The van der Waals surface area contributed by atoms with Gasteiger partial charge in [-0.1, -0.05) is 18.6 Å². The van der Waals surface area contributed by atoms with E-state index in [1.54, 1.807) is 11.3 Å². The second-order valence-corrected chi connectivity index (χ2v) is 7.70. The molecule has 4 rings (SSSR count). The molecule has 2 heterocycles. The van der Waals surface area contributed by atoms with Gasteiger partial charge < -0.3 is 0 Å². The predicted molar refractivity (Wildman–Crippen MR) is 102 cm³/mol. The molecule has 0 radical (unpaired) electrons. The Hall–Kier alpha value is -2.11. The standard InChI is InChI=1S/C20H21N3OS/c1-23(18-3-2-4-18)12-19(24)9-17-8-16-7-14(20-11-21-13-25-20)5-6-15(16)10-22-17/h5-8,10-11,13,18H,2-4,9,12H2,1H3. The number of carbonyl (C=O) groups is 1. The summed E-state index contributed by atoms with van der Waals surface area (Å²) in [5.74, 6) is 0.236. The zero-order valence-corrected chi connectivity index (χ0v) is 15.1. The molecule has 0 N–H and O–H groups in total. The van der Waals surface area contributed by atoms with Crippen LogP contribution in [-0.2, 0) is 11.2 Å². The fraction of sp³-hybridized carbons (Fsp3) is 0.350. The molecule has 1 aliphatic rings. The molecule has 1 saturated carbocycles. The molecule has 1 fully saturated rings. The van der Waals surface area contributed by atoms with Crippen LogP contribution >= 0.6 is 11.3 Å². The third-order valence-electron chi connectivity index (χ3n) is 5.00. The molecule has 1 aliphatic carbocycles. The van der Waals surface area contributed by atoms with Crippen LogP contribution < -0.4 is 0 Å². The van der Waals surface area contributed by atoms with Gasteiger partial charge in [-0.2, -0.15) is 0 Å². The van der Waals surface area contributed by atoms with Crippen LogP contribution in [0.15, 0.2) is 42.2 Å². The molecule has 5 heteroatoms. The number of benzene rings is 1. The smallest absolute Gasteiger partial charge is 0.152 e. The van der Waals surface area contributed by atoms with Gasteiger partial charge in [0.25, 0.3) is 0 Å². The first-order valence-corrected chi connectivity index (χ1v) is 9.56. The molecule has 1 aromatic carbocycles. The van der Waals surface area contributed by atoms with Crippen LogP contribution in [0.25, 0.3) is 21.2 Å². The highest BCUT2D eigenvalue weighted by Crippen LogP contribution is 2.27. The number of hydrogen-bond donors (Lipinski definition) is 0. The summed E-state index contributed by atoms with van der Waals surface area (Å²) in [7, 11) is 2.05. The van der Waals surface area contributed by atoms with Crippen molar-refractivity contribution in [3.8, 4) is 10.4 Å². The zero-order valence-electron chi connectivity index (χ0n) is 14.3. The van der Waals surface area contributed by atoms with Gasteiger partial charge in [0.15, 0.2) is 5.78 Å². The maximum absolute atomic E-state index is 12.4. The number of carbonyl (C=O) groups excluding carboxylic acids is 1. The molecule has 0 spiro atoms. The average Bonchev–Trinajstić information content (AvgIpc) is 3.06. The Balaban J connectivity index is 1.50. The fourth-order valence-corrected chi connectivity index (χ4v) is 3.91. The van der Waals surface area contributed by atoms with Gasteiger partial charge in [0.2, 0.25) is 0 Å². The topological polar surface area (TPSA) is 46.1 Å². The number of Topliss-reactive ketones (excluding diaryl/α,β-unsaturated/α-hetero) is 1. The van der Waals surface area contributed by atoms with Gasteiger partial charge in [-0.05, 0) is 43.0 Å². The Labute approximate surface area is 151 Å². The van der Waals surface area contributed by atoms with E-state index in [0.717, 1.165) is 26.9 Å². The number of hydrogen-bond acceptors (Lipinski definition) is 5. The van der Waals surface area contributed by atoms with E-state index < -0.39 is 0 Å². The lowest BCUT2D eigenvalue weighted by Gasteiger charge is -2.34. The third kappa shape index (κ3) is 3.62. The largest absolute Gasteiger partial charge is 0.298 e. The number of nitrogens with zero attached hydrogens (tertiary/aromatic N) is 3. The zero-order chi connectivity index (χ0) is 17.2. The quantitative estimate of drug-likeness (QED) is 0.674. The fourth-order valence-electron chi connectivity index (χ4n) is 3.29.